The van der Waals surface area contributed by atoms with Gasteiger partial charge in [-0.15, -0.1) is 0 Å². The Hall–Kier alpha value is -1.29. The minimum Gasteiger partial charge on any atom is -0.469 e. The minimum absolute atomic E-state index is 0.0312. The van der Waals surface area contributed by atoms with Crippen LogP contribution in [0, 0.1) is 0 Å². The SMILES string of the molecule is CCC(CN)NC(=O)CCc1ccco1. The number of hydrogen-bond acceptors (Lipinski definition) is 3. The van der Waals surface area contributed by atoms with Crippen molar-refractivity contribution in [3.63, 3.8) is 0 Å². The first kappa shape index (κ1) is 11.8. The number of nitrogens with one attached hydrogen (secondary N) is 1. The van der Waals surface area contributed by atoms with E-state index in [1.165, 1.54) is 0 Å². The van der Waals surface area contributed by atoms with E-state index in [0.717, 1.165) is 12.2 Å². The largest absolute Gasteiger partial charge is 0.469 e. The molecule has 1 aromatic heterocycles. The van der Waals surface area contributed by atoms with Gasteiger partial charge in [-0.25, -0.2) is 0 Å². The minimum atomic E-state index is 0.0312. The second-order valence-electron chi connectivity index (χ2n) is 3.49. The van der Waals surface area contributed by atoms with Crippen molar-refractivity contribution < 1.29 is 9.21 Å². The quantitative estimate of drug-likeness (QED) is 0.737. The van der Waals surface area contributed by atoms with Crippen LogP contribution in [0.1, 0.15) is 25.5 Å². The molecule has 0 radical (unpaired) electrons. The highest BCUT2D eigenvalue weighted by atomic mass is 16.3. The van der Waals surface area contributed by atoms with Crippen molar-refractivity contribution >= 4 is 5.91 Å². The Kier molecular flexibility index (Phi) is 4.90. The van der Waals surface area contributed by atoms with E-state index in [1.807, 2.05) is 19.1 Å². The predicted molar refractivity (Wildman–Crippen MR) is 58.3 cm³/mol. The van der Waals surface area contributed by atoms with Gasteiger partial charge in [-0.3, -0.25) is 4.79 Å². The molecule has 1 atom stereocenters. The maximum absolute atomic E-state index is 11.5. The molecule has 1 heterocycles. The van der Waals surface area contributed by atoms with Crippen LogP contribution < -0.4 is 11.1 Å². The zero-order valence-corrected chi connectivity index (χ0v) is 9.03. The number of amides is 1. The van der Waals surface area contributed by atoms with E-state index in [2.05, 4.69) is 5.32 Å². The van der Waals surface area contributed by atoms with Crippen molar-refractivity contribution in [1.29, 1.82) is 0 Å². The third-order valence-electron chi connectivity index (χ3n) is 2.32. The Balaban J connectivity index is 2.24. The third kappa shape index (κ3) is 4.16. The van der Waals surface area contributed by atoms with E-state index in [9.17, 15) is 4.79 Å². The normalized spacial score (nSPS) is 12.4. The molecule has 1 unspecified atom stereocenters. The molecular formula is C11H18N2O2. The molecule has 1 amide bonds. The molecule has 4 heteroatoms. The van der Waals surface area contributed by atoms with Gasteiger partial charge in [-0.2, -0.15) is 0 Å². The van der Waals surface area contributed by atoms with Gasteiger partial charge in [-0.05, 0) is 18.6 Å². The second kappa shape index (κ2) is 6.24. The van der Waals surface area contributed by atoms with Gasteiger partial charge in [0.25, 0.3) is 0 Å². The average molecular weight is 210 g/mol. The zero-order chi connectivity index (χ0) is 11.1. The Morgan fingerprint density at radius 2 is 2.47 bits per heavy atom. The van der Waals surface area contributed by atoms with Gasteiger partial charge in [0.2, 0.25) is 5.91 Å². The van der Waals surface area contributed by atoms with Gasteiger partial charge in [0.1, 0.15) is 5.76 Å². The molecule has 3 N–H and O–H groups in total. The van der Waals surface area contributed by atoms with Crippen LogP contribution in [0.5, 0.6) is 0 Å². The summed E-state index contributed by atoms with van der Waals surface area (Å²) in [6.45, 7) is 2.49. The number of furan rings is 1. The third-order valence-corrected chi connectivity index (χ3v) is 2.32. The van der Waals surface area contributed by atoms with Crippen LogP contribution in [0.25, 0.3) is 0 Å². The number of hydrogen-bond donors (Lipinski definition) is 2. The number of aryl methyl sites for hydroxylation is 1. The lowest BCUT2D eigenvalue weighted by atomic mass is 10.2. The van der Waals surface area contributed by atoms with Gasteiger partial charge in [0.05, 0.1) is 6.26 Å². The van der Waals surface area contributed by atoms with Crippen molar-refractivity contribution in [3.05, 3.63) is 24.2 Å². The van der Waals surface area contributed by atoms with E-state index in [1.54, 1.807) is 6.26 Å². The summed E-state index contributed by atoms with van der Waals surface area (Å²) in [4.78, 5) is 11.5. The average Bonchev–Trinajstić information content (AvgIpc) is 2.75. The molecule has 0 saturated heterocycles. The van der Waals surface area contributed by atoms with Crippen LogP contribution in [0.4, 0.5) is 0 Å². The number of carbonyl (C=O) groups is 1. The van der Waals surface area contributed by atoms with Gasteiger partial charge < -0.3 is 15.5 Å². The fourth-order valence-corrected chi connectivity index (χ4v) is 1.32. The summed E-state index contributed by atoms with van der Waals surface area (Å²) in [6.07, 6.45) is 3.56. The lowest BCUT2D eigenvalue weighted by Gasteiger charge is -2.13. The summed E-state index contributed by atoms with van der Waals surface area (Å²) in [5, 5.41) is 2.87. The van der Waals surface area contributed by atoms with Gasteiger partial charge >= 0.3 is 0 Å². The highest BCUT2D eigenvalue weighted by Crippen LogP contribution is 2.03. The Labute approximate surface area is 89.8 Å². The number of carbonyl (C=O) groups excluding carboxylic acids is 1. The lowest BCUT2D eigenvalue weighted by Crippen LogP contribution is -2.39. The fraction of sp³-hybridized carbons (Fsp3) is 0.545. The summed E-state index contributed by atoms with van der Waals surface area (Å²) in [5.41, 5.74) is 5.49. The number of rotatable bonds is 6. The summed E-state index contributed by atoms with van der Waals surface area (Å²) in [6, 6.07) is 3.78. The molecule has 0 spiro atoms. The summed E-state index contributed by atoms with van der Waals surface area (Å²) in [7, 11) is 0. The maximum atomic E-state index is 11.5. The zero-order valence-electron chi connectivity index (χ0n) is 9.03. The van der Waals surface area contributed by atoms with E-state index < -0.39 is 0 Å². The van der Waals surface area contributed by atoms with E-state index >= 15 is 0 Å². The molecule has 15 heavy (non-hydrogen) atoms. The molecule has 0 bridgehead atoms. The first-order chi connectivity index (χ1) is 7.26. The van der Waals surface area contributed by atoms with Crippen LogP contribution in [0.3, 0.4) is 0 Å². The summed E-state index contributed by atoms with van der Waals surface area (Å²) < 4.78 is 5.14. The van der Waals surface area contributed by atoms with Gasteiger partial charge in [-0.1, -0.05) is 6.92 Å². The van der Waals surface area contributed by atoms with Crippen molar-refractivity contribution in [2.75, 3.05) is 6.54 Å². The topological polar surface area (TPSA) is 68.3 Å². The monoisotopic (exact) mass is 210 g/mol. The smallest absolute Gasteiger partial charge is 0.220 e. The molecule has 0 saturated carbocycles. The summed E-state index contributed by atoms with van der Waals surface area (Å²) in [5.74, 6) is 0.870. The fourth-order valence-electron chi connectivity index (χ4n) is 1.32. The van der Waals surface area contributed by atoms with Crippen LogP contribution in [-0.4, -0.2) is 18.5 Å². The molecular weight excluding hydrogens is 192 g/mol. The van der Waals surface area contributed by atoms with Crippen molar-refractivity contribution in [2.45, 2.75) is 32.2 Å². The molecule has 0 aliphatic carbocycles. The molecule has 0 fully saturated rings. The lowest BCUT2D eigenvalue weighted by molar-refractivity contribution is -0.121. The van der Waals surface area contributed by atoms with Crippen LogP contribution in [0.15, 0.2) is 22.8 Å². The van der Waals surface area contributed by atoms with Crippen LogP contribution in [0.2, 0.25) is 0 Å². The first-order valence-electron chi connectivity index (χ1n) is 5.28. The van der Waals surface area contributed by atoms with Crippen LogP contribution in [-0.2, 0) is 11.2 Å². The van der Waals surface area contributed by atoms with Crippen molar-refractivity contribution in [3.8, 4) is 0 Å². The van der Waals surface area contributed by atoms with Crippen molar-refractivity contribution in [1.82, 2.24) is 5.32 Å². The first-order valence-corrected chi connectivity index (χ1v) is 5.28. The molecule has 0 aliphatic rings. The van der Waals surface area contributed by atoms with E-state index in [0.29, 0.717) is 19.4 Å². The Morgan fingerprint density at radius 1 is 1.67 bits per heavy atom. The highest BCUT2D eigenvalue weighted by molar-refractivity contribution is 5.76. The molecule has 0 aliphatic heterocycles. The molecule has 84 valence electrons. The van der Waals surface area contributed by atoms with Gasteiger partial charge in [0.15, 0.2) is 0 Å². The Bertz CT molecular complexity index is 279. The molecule has 0 aromatic carbocycles. The standard InChI is InChI=1S/C11H18N2O2/c1-2-9(8-12)13-11(14)6-5-10-4-3-7-15-10/h3-4,7,9H,2,5-6,8,12H2,1H3,(H,13,14). The second-order valence-corrected chi connectivity index (χ2v) is 3.49. The van der Waals surface area contributed by atoms with Crippen LogP contribution >= 0.6 is 0 Å². The Morgan fingerprint density at radius 3 is 3.00 bits per heavy atom. The van der Waals surface area contributed by atoms with Gasteiger partial charge in [0, 0.05) is 25.4 Å². The van der Waals surface area contributed by atoms with E-state index in [-0.39, 0.29) is 11.9 Å². The molecule has 1 rings (SSSR count). The van der Waals surface area contributed by atoms with Crippen molar-refractivity contribution in [2.24, 2.45) is 5.73 Å². The predicted octanol–water partition coefficient (Wildman–Crippen LogP) is 1.07. The molecule has 4 nitrogen and oxygen atoms in total. The summed E-state index contributed by atoms with van der Waals surface area (Å²) >= 11 is 0. The van der Waals surface area contributed by atoms with E-state index in [4.69, 9.17) is 10.2 Å². The molecule has 1 aromatic rings. The maximum Gasteiger partial charge on any atom is 0.220 e. The number of nitrogens with two attached hydrogens (primary N) is 1. The highest BCUT2D eigenvalue weighted by Gasteiger charge is 2.08.